The summed E-state index contributed by atoms with van der Waals surface area (Å²) in [7, 11) is 1.61. The molecule has 0 atom stereocenters. The maximum atomic E-state index is 10.2. The van der Waals surface area contributed by atoms with E-state index >= 15 is 0 Å². The maximum Gasteiger partial charge on any atom is 0.163 e. The number of hydrogen-bond donors (Lipinski definition) is 2. The number of benzene rings is 1. The molecule has 3 nitrogen and oxygen atoms in total. The topological polar surface area (TPSA) is 49.7 Å². The van der Waals surface area contributed by atoms with E-state index in [4.69, 9.17) is 4.74 Å². The van der Waals surface area contributed by atoms with E-state index in [0.717, 1.165) is 29.5 Å². The molecule has 1 aromatic rings. The molecule has 3 heteroatoms. The van der Waals surface area contributed by atoms with Gasteiger partial charge in [-0.1, -0.05) is 27.7 Å². The van der Waals surface area contributed by atoms with Crippen LogP contribution in [0.3, 0.4) is 0 Å². The highest BCUT2D eigenvalue weighted by Gasteiger charge is 2.40. The monoisotopic (exact) mass is 264 g/mol. The Hall–Kier alpha value is -1.22. The molecule has 0 fully saturated rings. The van der Waals surface area contributed by atoms with Crippen LogP contribution >= 0.6 is 0 Å². The molecule has 0 aliphatic heterocycles. The molecule has 19 heavy (non-hydrogen) atoms. The fourth-order valence-corrected chi connectivity index (χ4v) is 3.19. The van der Waals surface area contributed by atoms with E-state index in [1.54, 1.807) is 13.2 Å². The van der Waals surface area contributed by atoms with Crippen molar-refractivity contribution < 1.29 is 14.9 Å². The average molecular weight is 264 g/mol. The summed E-state index contributed by atoms with van der Waals surface area (Å²) < 4.78 is 5.22. The van der Waals surface area contributed by atoms with Gasteiger partial charge in [0, 0.05) is 12.7 Å². The fraction of sp³-hybridized carbons (Fsp3) is 0.625. The number of phenols is 2. The quantitative estimate of drug-likeness (QED) is 0.802. The fourth-order valence-electron chi connectivity index (χ4n) is 3.19. The van der Waals surface area contributed by atoms with Crippen molar-refractivity contribution in [3.05, 3.63) is 22.8 Å². The largest absolute Gasteiger partial charge is 0.504 e. The lowest BCUT2D eigenvalue weighted by molar-refractivity contribution is 0.177. The van der Waals surface area contributed by atoms with E-state index in [1.165, 1.54) is 0 Å². The summed E-state index contributed by atoms with van der Waals surface area (Å²) >= 11 is 0. The van der Waals surface area contributed by atoms with Gasteiger partial charge in [-0.3, -0.25) is 0 Å². The predicted octanol–water partition coefficient (Wildman–Crippen LogP) is 3.59. The van der Waals surface area contributed by atoms with Crippen LogP contribution in [0.5, 0.6) is 11.5 Å². The van der Waals surface area contributed by atoms with E-state index in [0.29, 0.717) is 6.61 Å². The zero-order chi connectivity index (χ0) is 14.4. The van der Waals surface area contributed by atoms with Gasteiger partial charge in [-0.2, -0.15) is 0 Å². The smallest absolute Gasteiger partial charge is 0.163 e. The first-order valence-corrected chi connectivity index (χ1v) is 6.78. The summed E-state index contributed by atoms with van der Waals surface area (Å²) in [5, 5.41) is 20.1. The molecular weight excluding hydrogens is 240 g/mol. The summed E-state index contributed by atoms with van der Waals surface area (Å²) in [6, 6.07) is 1.73. The van der Waals surface area contributed by atoms with Crippen molar-refractivity contribution in [3.63, 3.8) is 0 Å². The first-order chi connectivity index (χ1) is 8.70. The van der Waals surface area contributed by atoms with Gasteiger partial charge in [-0.05, 0) is 40.9 Å². The summed E-state index contributed by atoms with van der Waals surface area (Å²) in [6.45, 7) is 9.08. The number of phenolic OH excluding ortho intramolecular Hbond substituents is 2. The molecule has 106 valence electrons. The van der Waals surface area contributed by atoms with Crippen LogP contribution < -0.4 is 0 Å². The third-order valence-corrected chi connectivity index (χ3v) is 4.45. The van der Waals surface area contributed by atoms with E-state index in [2.05, 4.69) is 27.7 Å². The van der Waals surface area contributed by atoms with Gasteiger partial charge in [0.05, 0.1) is 6.61 Å². The Kier molecular flexibility index (Phi) is 3.29. The van der Waals surface area contributed by atoms with Crippen molar-refractivity contribution in [2.75, 3.05) is 7.11 Å². The number of aromatic hydroxyl groups is 2. The summed E-state index contributed by atoms with van der Waals surface area (Å²) in [4.78, 5) is 0. The molecular formula is C16H24O3. The first-order valence-electron chi connectivity index (χ1n) is 6.78. The van der Waals surface area contributed by atoms with Gasteiger partial charge in [0.2, 0.25) is 0 Å². The maximum absolute atomic E-state index is 10.2. The zero-order valence-corrected chi connectivity index (χ0v) is 12.5. The molecule has 0 radical (unpaired) electrons. The van der Waals surface area contributed by atoms with Crippen LogP contribution in [0.4, 0.5) is 0 Å². The van der Waals surface area contributed by atoms with Gasteiger partial charge < -0.3 is 14.9 Å². The Morgan fingerprint density at radius 3 is 2.26 bits per heavy atom. The van der Waals surface area contributed by atoms with Crippen LogP contribution in [0.1, 0.15) is 57.2 Å². The lowest BCUT2D eigenvalue weighted by atomic mass is 9.62. The number of ether oxygens (including phenoxy) is 1. The summed E-state index contributed by atoms with van der Waals surface area (Å²) in [6.07, 6.45) is 2.14. The highest BCUT2D eigenvalue weighted by molar-refractivity contribution is 5.58. The molecule has 0 aromatic heterocycles. The first kappa shape index (κ1) is 14.2. The molecule has 2 rings (SSSR count). The molecule has 1 aliphatic carbocycles. The van der Waals surface area contributed by atoms with Crippen LogP contribution in [0, 0.1) is 0 Å². The van der Waals surface area contributed by atoms with Crippen molar-refractivity contribution >= 4 is 0 Å². The van der Waals surface area contributed by atoms with Crippen LogP contribution in [0.25, 0.3) is 0 Å². The van der Waals surface area contributed by atoms with Gasteiger partial charge in [0.25, 0.3) is 0 Å². The number of fused-ring (bicyclic) bond motifs is 1. The number of methoxy groups -OCH3 is 1. The Morgan fingerprint density at radius 2 is 1.68 bits per heavy atom. The summed E-state index contributed by atoms with van der Waals surface area (Å²) in [5.41, 5.74) is 3.00. The van der Waals surface area contributed by atoms with Crippen molar-refractivity contribution in [3.8, 4) is 11.5 Å². The normalized spacial score (nSPS) is 20.1. The molecule has 0 saturated heterocycles. The second-order valence-corrected chi connectivity index (χ2v) is 6.85. The van der Waals surface area contributed by atoms with Crippen LogP contribution in [0.2, 0.25) is 0 Å². The van der Waals surface area contributed by atoms with Gasteiger partial charge in [0.15, 0.2) is 11.5 Å². The molecule has 0 saturated carbocycles. The number of hydrogen-bond acceptors (Lipinski definition) is 3. The minimum Gasteiger partial charge on any atom is -0.504 e. The highest BCUT2D eigenvalue weighted by Crippen LogP contribution is 2.51. The molecule has 0 spiro atoms. The van der Waals surface area contributed by atoms with E-state index in [1.807, 2.05) is 0 Å². The zero-order valence-electron chi connectivity index (χ0n) is 12.5. The second kappa shape index (κ2) is 4.41. The Morgan fingerprint density at radius 1 is 1.11 bits per heavy atom. The van der Waals surface area contributed by atoms with Crippen molar-refractivity contribution in [1.82, 2.24) is 0 Å². The molecule has 0 unspecified atom stereocenters. The van der Waals surface area contributed by atoms with E-state index in [9.17, 15) is 10.2 Å². The van der Waals surface area contributed by atoms with Crippen LogP contribution in [-0.2, 0) is 22.2 Å². The van der Waals surface area contributed by atoms with Crippen molar-refractivity contribution in [2.24, 2.45) is 0 Å². The predicted molar refractivity (Wildman–Crippen MR) is 75.8 cm³/mol. The molecule has 0 heterocycles. The standard InChI is InChI=1S/C16H24O3/c1-15(2)6-7-16(3,4)13-10(9-19-5)14(18)12(17)8-11(13)15/h8,17-18H,6-7,9H2,1-5H3. The minimum absolute atomic E-state index is 0.0100. The van der Waals surface area contributed by atoms with Crippen LogP contribution in [-0.4, -0.2) is 17.3 Å². The lowest BCUT2D eigenvalue weighted by Gasteiger charge is -2.43. The molecule has 0 bridgehead atoms. The van der Waals surface area contributed by atoms with Gasteiger partial charge in [-0.15, -0.1) is 0 Å². The molecule has 1 aliphatic rings. The number of rotatable bonds is 2. The Balaban J connectivity index is 2.79. The summed E-state index contributed by atoms with van der Waals surface area (Å²) in [5.74, 6) is -0.0806. The molecule has 0 amide bonds. The molecule has 2 N–H and O–H groups in total. The van der Waals surface area contributed by atoms with Crippen molar-refractivity contribution in [2.45, 2.75) is 58.0 Å². The van der Waals surface area contributed by atoms with Gasteiger partial charge >= 0.3 is 0 Å². The highest BCUT2D eigenvalue weighted by atomic mass is 16.5. The second-order valence-electron chi connectivity index (χ2n) is 6.85. The van der Waals surface area contributed by atoms with E-state index in [-0.39, 0.29) is 22.3 Å². The average Bonchev–Trinajstić information content (AvgIpc) is 2.31. The van der Waals surface area contributed by atoms with Gasteiger partial charge in [0.1, 0.15) is 0 Å². The van der Waals surface area contributed by atoms with Crippen molar-refractivity contribution in [1.29, 1.82) is 0 Å². The SMILES string of the molecule is COCc1c(O)c(O)cc2c1C(C)(C)CCC2(C)C. The van der Waals surface area contributed by atoms with E-state index < -0.39 is 0 Å². The Labute approximate surface area is 115 Å². The van der Waals surface area contributed by atoms with Crippen LogP contribution in [0.15, 0.2) is 6.07 Å². The molecule has 1 aromatic carbocycles. The Bertz CT molecular complexity index is 501. The third-order valence-electron chi connectivity index (χ3n) is 4.45. The third kappa shape index (κ3) is 2.20. The van der Waals surface area contributed by atoms with Gasteiger partial charge in [-0.25, -0.2) is 0 Å². The lowest BCUT2D eigenvalue weighted by Crippen LogP contribution is -2.35. The minimum atomic E-state index is -0.0448.